The summed E-state index contributed by atoms with van der Waals surface area (Å²) >= 11 is 0. The first-order chi connectivity index (χ1) is 8.99. The first kappa shape index (κ1) is 15.3. The van der Waals surface area contributed by atoms with Crippen molar-refractivity contribution in [2.45, 2.75) is 13.0 Å². The molecule has 19 heavy (non-hydrogen) atoms. The molecule has 0 saturated carbocycles. The minimum atomic E-state index is -0.792. The van der Waals surface area contributed by atoms with Crippen LogP contribution in [0, 0.1) is 11.6 Å². The Hall–Kier alpha value is -1.76. The van der Waals surface area contributed by atoms with E-state index in [0.29, 0.717) is 0 Å². The lowest BCUT2D eigenvalue weighted by Gasteiger charge is -2.15. The van der Waals surface area contributed by atoms with Crippen LogP contribution in [0.4, 0.5) is 8.78 Å². The summed E-state index contributed by atoms with van der Waals surface area (Å²) in [7, 11) is 0. The monoisotopic (exact) mass is 269 g/mol. The van der Waals surface area contributed by atoms with Crippen LogP contribution in [0.3, 0.4) is 0 Å². The Bertz CT molecular complexity index is 465. The zero-order valence-corrected chi connectivity index (χ0v) is 10.6. The number of allylic oxidation sites excluding steroid dienone is 1. The number of benzene rings is 1. The van der Waals surface area contributed by atoms with Crippen molar-refractivity contribution in [1.82, 2.24) is 5.43 Å². The van der Waals surface area contributed by atoms with E-state index < -0.39 is 17.4 Å². The molecule has 0 aliphatic rings. The molecule has 6 heteroatoms. The quantitative estimate of drug-likeness (QED) is 0.317. The third-order valence-corrected chi connectivity index (χ3v) is 2.53. The van der Waals surface area contributed by atoms with Crippen molar-refractivity contribution in [1.29, 1.82) is 0 Å². The smallest absolute Gasteiger partial charge is 0.198 e. The molecule has 1 rings (SSSR count). The molecular weight excluding hydrogens is 252 g/mol. The highest BCUT2D eigenvalue weighted by atomic mass is 19.1. The predicted molar refractivity (Wildman–Crippen MR) is 70.0 cm³/mol. The first-order valence-corrected chi connectivity index (χ1v) is 5.64. The molecular formula is C13H17F2N3O. The van der Waals surface area contributed by atoms with Crippen LogP contribution >= 0.6 is 0 Å². The number of hydrazine groups is 1. The van der Waals surface area contributed by atoms with E-state index in [-0.39, 0.29) is 18.3 Å². The fourth-order valence-electron chi connectivity index (χ4n) is 1.48. The van der Waals surface area contributed by atoms with Gasteiger partial charge in [0.05, 0.1) is 6.04 Å². The Morgan fingerprint density at radius 2 is 2.05 bits per heavy atom. The van der Waals surface area contributed by atoms with Crippen LogP contribution in [0.1, 0.15) is 6.92 Å². The normalized spacial score (nSPS) is 13.2. The van der Waals surface area contributed by atoms with Gasteiger partial charge in [-0.1, -0.05) is 18.2 Å². The zero-order valence-electron chi connectivity index (χ0n) is 10.6. The van der Waals surface area contributed by atoms with Crippen molar-refractivity contribution in [3.05, 3.63) is 53.8 Å². The number of para-hydroxylation sites is 1. The molecule has 0 fully saturated rings. The number of ether oxygens (including phenoxy) is 1. The molecule has 1 aromatic rings. The van der Waals surface area contributed by atoms with Gasteiger partial charge in [-0.3, -0.25) is 11.3 Å². The topological polar surface area (TPSA) is 73.3 Å². The lowest BCUT2D eigenvalue weighted by Crippen LogP contribution is -2.41. The highest BCUT2D eigenvalue weighted by Gasteiger charge is 2.12. The van der Waals surface area contributed by atoms with Crippen molar-refractivity contribution < 1.29 is 13.5 Å². The minimum absolute atomic E-state index is 0.0928. The number of nitrogens with two attached hydrogens (primary N) is 2. The number of hydrogen-bond acceptors (Lipinski definition) is 4. The number of rotatable bonds is 6. The SMILES string of the molecule is C=C(/C=C(/C)C(CN)NN)Oc1c(F)cccc1F. The Labute approximate surface area is 110 Å². The third-order valence-electron chi connectivity index (χ3n) is 2.53. The summed E-state index contributed by atoms with van der Waals surface area (Å²) in [6.45, 7) is 5.61. The Balaban J connectivity index is 2.83. The standard InChI is InChI=1S/C13H17F2N3O/c1-8(12(7-16)18-17)6-9(2)19-13-10(14)4-3-5-11(13)15/h3-6,12,18H,2,7,16-17H2,1H3/b8-6-. The van der Waals surface area contributed by atoms with Crippen molar-refractivity contribution in [2.24, 2.45) is 11.6 Å². The van der Waals surface area contributed by atoms with Crippen molar-refractivity contribution >= 4 is 0 Å². The second kappa shape index (κ2) is 6.98. The third kappa shape index (κ3) is 4.13. The first-order valence-electron chi connectivity index (χ1n) is 5.64. The molecule has 104 valence electrons. The van der Waals surface area contributed by atoms with Crippen LogP contribution in [0.2, 0.25) is 0 Å². The summed E-state index contributed by atoms with van der Waals surface area (Å²) in [5.41, 5.74) is 8.73. The fraction of sp³-hybridized carbons (Fsp3) is 0.231. The molecule has 0 radical (unpaired) electrons. The summed E-state index contributed by atoms with van der Waals surface area (Å²) in [5.74, 6) is 3.32. The lowest BCUT2D eigenvalue weighted by molar-refractivity contribution is 0.382. The van der Waals surface area contributed by atoms with Crippen LogP contribution in [0.5, 0.6) is 5.75 Å². The molecule has 1 aromatic carbocycles. The highest BCUT2D eigenvalue weighted by molar-refractivity contribution is 5.30. The van der Waals surface area contributed by atoms with Gasteiger partial charge < -0.3 is 10.5 Å². The lowest BCUT2D eigenvalue weighted by atomic mass is 10.1. The largest absolute Gasteiger partial charge is 0.452 e. The minimum Gasteiger partial charge on any atom is -0.452 e. The molecule has 1 unspecified atom stereocenters. The van der Waals surface area contributed by atoms with Crippen molar-refractivity contribution in [3.8, 4) is 5.75 Å². The molecule has 0 aromatic heterocycles. The summed E-state index contributed by atoms with van der Waals surface area (Å²) in [4.78, 5) is 0. The van der Waals surface area contributed by atoms with E-state index in [1.807, 2.05) is 0 Å². The summed E-state index contributed by atoms with van der Waals surface area (Å²) < 4.78 is 31.8. The van der Waals surface area contributed by atoms with Crippen LogP contribution in [-0.2, 0) is 0 Å². The second-order valence-corrected chi connectivity index (χ2v) is 3.96. The summed E-state index contributed by atoms with van der Waals surface area (Å²) in [6.07, 6.45) is 1.52. The van der Waals surface area contributed by atoms with E-state index in [9.17, 15) is 8.78 Å². The van der Waals surface area contributed by atoms with Crippen LogP contribution in [0.25, 0.3) is 0 Å². The van der Waals surface area contributed by atoms with Gasteiger partial charge in [0.1, 0.15) is 5.76 Å². The van der Waals surface area contributed by atoms with Gasteiger partial charge in [-0.25, -0.2) is 8.78 Å². The van der Waals surface area contributed by atoms with Gasteiger partial charge >= 0.3 is 0 Å². The average molecular weight is 269 g/mol. The molecule has 0 aliphatic heterocycles. The van der Waals surface area contributed by atoms with Crippen LogP contribution in [0.15, 0.2) is 42.2 Å². The maximum atomic E-state index is 13.4. The van der Waals surface area contributed by atoms with Gasteiger partial charge in [-0.15, -0.1) is 0 Å². The van der Waals surface area contributed by atoms with E-state index in [0.717, 1.165) is 17.7 Å². The number of nitrogens with one attached hydrogen (secondary N) is 1. The molecule has 0 spiro atoms. The van der Waals surface area contributed by atoms with E-state index in [1.54, 1.807) is 6.92 Å². The van der Waals surface area contributed by atoms with E-state index in [1.165, 1.54) is 12.1 Å². The molecule has 4 nitrogen and oxygen atoms in total. The number of halogens is 2. The van der Waals surface area contributed by atoms with E-state index >= 15 is 0 Å². The zero-order chi connectivity index (χ0) is 14.4. The average Bonchev–Trinajstić information content (AvgIpc) is 2.35. The molecule has 1 atom stereocenters. The van der Waals surface area contributed by atoms with Crippen molar-refractivity contribution in [2.75, 3.05) is 6.54 Å². The Kier molecular flexibility index (Phi) is 5.62. The summed E-state index contributed by atoms with van der Waals surface area (Å²) in [6, 6.07) is 3.20. The van der Waals surface area contributed by atoms with Gasteiger partial charge in [0.25, 0.3) is 0 Å². The van der Waals surface area contributed by atoms with Crippen LogP contribution < -0.4 is 21.7 Å². The maximum absolute atomic E-state index is 13.4. The van der Waals surface area contributed by atoms with Crippen molar-refractivity contribution in [3.63, 3.8) is 0 Å². The maximum Gasteiger partial charge on any atom is 0.198 e. The molecule has 0 amide bonds. The molecule has 0 bridgehead atoms. The van der Waals surface area contributed by atoms with Gasteiger partial charge in [-0.2, -0.15) is 0 Å². The molecule has 0 aliphatic carbocycles. The van der Waals surface area contributed by atoms with Gasteiger partial charge in [0.15, 0.2) is 17.4 Å². The molecule has 0 heterocycles. The fourth-order valence-corrected chi connectivity index (χ4v) is 1.48. The van der Waals surface area contributed by atoms with E-state index in [4.69, 9.17) is 16.3 Å². The highest BCUT2D eigenvalue weighted by Crippen LogP contribution is 2.23. The second-order valence-electron chi connectivity index (χ2n) is 3.96. The van der Waals surface area contributed by atoms with Gasteiger partial charge in [-0.05, 0) is 25.1 Å². The van der Waals surface area contributed by atoms with Gasteiger partial charge in [0, 0.05) is 6.54 Å². The number of hydrogen-bond donors (Lipinski definition) is 3. The summed E-state index contributed by atoms with van der Waals surface area (Å²) in [5, 5.41) is 0. The van der Waals surface area contributed by atoms with Crippen LogP contribution in [-0.4, -0.2) is 12.6 Å². The molecule has 5 N–H and O–H groups in total. The van der Waals surface area contributed by atoms with Gasteiger partial charge in [0.2, 0.25) is 0 Å². The van der Waals surface area contributed by atoms with E-state index in [2.05, 4.69) is 12.0 Å². The predicted octanol–water partition coefficient (Wildman–Crippen LogP) is 1.59. The molecule has 0 saturated heterocycles. The Morgan fingerprint density at radius 1 is 1.47 bits per heavy atom. The Morgan fingerprint density at radius 3 is 2.53 bits per heavy atom.